The second-order valence-electron chi connectivity index (χ2n) is 5.23. The maximum Gasteiger partial charge on any atom is 0.259 e. The number of aryl methyl sites for hydroxylation is 1. The first-order chi connectivity index (χ1) is 11.2. The van der Waals surface area contributed by atoms with Crippen molar-refractivity contribution in [3.05, 3.63) is 66.4 Å². The van der Waals surface area contributed by atoms with Crippen LogP contribution >= 0.6 is 0 Å². The summed E-state index contributed by atoms with van der Waals surface area (Å²) in [6, 6.07) is 17.7. The molecule has 0 aliphatic carbocycles. The van der Waals surface area contributed by atoms with E-state index in [0.29, 0.717) is 0 Å². The molecule has 1 aromatic heterocycles. The maximum absolute atomic E-state index is 11.8. The van der Waals surface area contributed by atoms with Crippen LogP contribution in [0.4, 0.5) is 5.69 Å². The molecule has 0 fully saturated rings. The zero-order chi connectivity index (χ0) is 16.1. The second-order valence-corrected chi connectivity index (χ2v) is 5.23. The Morgan fingerprint density at radius 3 is 2.70 bits per heavy atom. The van der Waals surface area contributed by atoms with Crippen LogP contribution in [0.2, 0.25) is 0 Å². The van der Waals surface area contributed by atoms with E-state index in [2.05, 4.69) is 21.9 Å². The number of fused-ring (bicyclic) bond motifs is 1. The van der Waals surface area contributed by atoms with Gasteiger partial charge in [-0.2, -0.15) is 5.10 Å². The van der Waals surface area contributed by atoms with Crippen molar-refractivity contribution < 1.29 is 4.79 Å². The molecule has 0 spiro atoms. The third-order valence-electron chi connectivity index (χ3n) is 3.55. The summed E-state index contributed by atoms with van der Waals surface area (Å²) in [5, 5.41) is 8.18. The fourth-order valence-corrected chi connectivity index (χ4v) is 2.43. The molecule has 0 atom stereocenters. The van der Waals surface area contributed by atoms with Gasteiger partial charge in [0.15, 0.2) is 0 Å². The molecule has 0 saturated carbocycles. The monoisotopic (exact) mass is 306 g/mol. The highest BCUT2D eigenvalue weighted by Gasteiger charge is 2.03. The van der Waals surface area contributed by atoms with E-state index < -0.39 is 0 Å². The van der Waals surface area contributed by atoms with Gasteiger partial charge in [0.2, 0.25) is 0 Å². The first-order valence-electron chi connectivity index (χ1n) is 7.39. The van der Waals surface area contributed by atoms with Crippen molar-refractivity contribution in [3.8, 4) is 0 Å². The van der Waals surface area contributed by atoms with E-state index in [4.69, 9.17) is 0 Å². The Labute approximate surface area is 134 Å². The van der Waals surface area contributed by atoms with Crippen LogP contribution < -0.4 is 10.7 Å². The molecule has 1 heterocycles. The highest BCUT2D eigenvalue weighted by atomic mass is 16.2. The minimum atomic E-state index is -0.190. The van der Waals surface area contributed by atoms with Gasteiger partial charge >= 0.3 is 0 Å². The van der Waals surface area contributed by atoms with Crippen molar-refractivity contribution in [2.75, 3.05) is 11.9 Å². The number of carbonyl (C=O) groups excluding carboxylic acids is 1. The molecule has 3 aromatic rings. The minimum absolute atomic E-state index is 0.177. The van der Waals surface area contributed by atoms with Gasteiger partial charge in [-0.05, 0) is 18.2 Å². The molecule has 0 bridgehead atoms. The summed E-state index contributed by atoms with van der Waals surface area (Å²) in [4.78, 5) is 11.8. The molecule has 5 heteroatoms. The number of rotatable bonds is 5. The molecule has 2 aromatic carbocycles. The van der Waals surface area contributed by atoms with E-state index in [1.54, 1.807) is 6.21 Å². The first kappa shape index (κ1) is 14.8. The first-order valence-corrected chi connectivity index (χ1v) is 7.39. The SMILES string of the molecule is Cn1cc(C=NNC(=O)CNc2ccccc2)c2ccccc21. The Bertz CT molecular complexity index is 837. The zero-order valence-corrected chi connectivity index (χ0v) is 12.9. The molecule has 0 radical (unpaired) electrons. The van der Waals surface area contributed by atoms with Gasteiger partial charge in [0, 0.05) is 35.4 Å². The highest BCUT2D eigenvalue weighted by molar-refractivity contribution is 5.99. The third-order valence-corrected chi connectivity index (χ3v) is 3.55. The number of benzene rings is 2. The number of carbonyl (C=O) groups is 1. The molecule has 3 rings (SSSR count). The Morgan fingerprint density at radius 1 is 1.13 bits per heavy atom. The number of nitrogens with zero attached hydrogens (tertiary/aromatic N) is 2. The van der Waals surface area contributed by atoms with Gasteiger partial charge in [0.05, 0.1) is 12.8 Å². The molecule has 0 saturated heterocycles. The van der Waals surface area contributed by atoms with Crippen molar-refractivity contribution >= 4 is 28.7 Å². The van der Waals surface area contributed by atoms with Gasteiger partial charge in [0.25, 0.3) is 5.91 Å². The lowest BCUT2D eigenvalue weighted by atomic mass is 10.2. The van der Waals surface area contributed by atoms with Crippen molar-refractivity contribution in [2.24, 2.45) is 12.1 Å². The Morgan fingerprint density at radius 2 is 1.87 bits per heavy atom. The van der Waals surface area contributed by atoms with Crippen LogP contribution in [0.15, 0.2) is 65.9 Å². The molecule has 116 valence electrons. The number of anilines is 1. The van der Waals surface area contributed by atoms with Gasteiger partial charge < -0.3 is 9.88 Å². The number of amides is 1. The van der Waals surface area contributed by atoms with Crippen LogP contribution in [-0.4, -0.2) is 23.2 Å². The third kappa shape index (κ3) is 3.58. The predicted molar refractivity (Wildman–Crippen MR) is 93.6 cm³/mol. The molecule has 5 nitrogen and oxygen atoms in total. The zero-order valence-electron chi connectivity index (χ0n) is 12.9. The van der Waals surface area contributed by atoms with Crippen LogP contribution in [0.25, 0.3) is 10.9 Å². The van der Waals surface area contributed by atoms with E-state index in [9.17, 15) is 4.79 Å². The molecular weight excluding hydrogens is 288 g/mol. The fraction of sp³-hybridized carbons (Fsp3) is 0.111. The average molecular weight is 306 g/mol. The summed E-state index contributed by atoms with van der Waals surface area (Å²) >= 11 is 0. The highest BCUT2D eigenvalue weighted by Crippen LogP contribution is 2.18. The quantitative estimate of drug-likeness (QED) is 0.562. The van der Waals surface area contributed by atoms with Gasteiger partial charge in [0.1, 0.15) is 0 Å². The van der Waals surface area contributed by atoms with Gasteiger partial charge in [-0.15, -0.1) is 0 Å². The van der Waals surface area contributed by atoms with E-state index in [1.807, 2.05) is 66.3 Å². The van der Waals surface area contributed by atoms with Gasteiger partial charge in [-0.1, -0.05) is 36.4 Å². The van der Waals surface area contributed by atoms with Crippen molar-refractivity contribution in [1.82, 2.24) is 9.99 Å². The summed E-state index contributed by atoms with van der Waals surface area (Å²) < 4.78 is 2.04. The van der Waals surface area contributed by atoms with Gasteiger partial charge in [-0.3, -0.25) is 4.79 Å². The van der Waals surface area contributed by atoms with Crippen LogP contribution in [-0.2, 0) is 11.8 Å². The van der Waals surface area contributed by atoms with Crippen molar-refractivity contribution in [1.29, 1.82) is 0 Å². The molecule has 2 N–H and O–H groups in total. The average Bonchev–Trinajstić information content (AvgIpc) is 2.91. The molecular formula is C18H18N4O. The number of para-hydroxylation sites is 2. The standard InChI is InChI=1S/C18H18N4O/c1-22-13-14(16-9-5-6-10-17(16)22)11-20-21-18(23)12-19-15-7-3-2-4-8-15/h2-11,13,19H,12H2,1H3,(H,21,23). The Hall–Kier alpha value is -3.08. The lowest BCUT2D eigenvalue weighted by Gasteiger charge is -2.04. The van der Waals surface area contributed by atoms with E-state index >= 15 is 0 Å². The molecule has 0 aliphatic rings. The van der Waals surface area contributed by atoms with Crippen LogP contribution in [0, 0.1) is 0 Å². The van der Waals surface area contributed by atoms with Crippen molar-refractivity contribution in [3.63, 3.8) is 0 Å². The Kier molecular flexibility index (Phi) is 4.38. The molecule has 0 unspecified atom stereocenters. The smallest absolute Gasteiger partial charge is 0.259 e. The topological polar surface area (TPSA) is 58.4 Å². The maximum atomic E-state index is 11.8. The number of aromatic nitrogens is 1. The number of hydrogen-bond acceptors (Lipinski definition) is 3. The summed E-state index contributed by atoms with van der Waals surface area (Å²) in [7, 11) is 1.99. The predicted octanol–water partition coefficient (Wildman–Crippen LogP) is 2.74. The number of nitrogens with one attached hydrogen (secondary N) is 2. The fourth-order valence-electron chi connectivity index (χ4n) is 2.43. The molecule has 1 amide bonds. The van der Waals surface area contributed by atoms with Crippen LogP contribution in [0.5, 0.6) is 0 Å². The largest absolute Gasteiger partial charge is 0.376 e. The lowest BCUT2D eigenvalue weighted by Crippen LogP contribution is -2.25. The van der Waals surface area contributed by atoms with E-state index in [-0.39, 0.29) is 12.5 Å². The van der Waals surface area contributed by atoms with Gasteiger partial charge in [-0.25, -0.2) is 5.43 Å². The normalized spacial score (nSPS) is 11.0. The summed E-state index contributed by atoms with van der Waals surface area (Å²) in [5.41, 5.74) is 5.54. The van der Waals surface area contributed by atoms with Crippen LogP contribution in [0.1, 0.15) is 5.56 Å². The second kappa shape index (κ2) is 6.79. The van der Waals surface area contributed by atoms with E-state index in [0.717, 1.165) is 22.2 Å². The summed E-state index contributed by atoms with van der Waals surface area (Å²) in [6.45, 7) is 0.177. The summed E-state index contributed by atoms with van der Waals surface area (Å²) in [5.74, 6) is -0.190. The summed E-state index contributed by atoms with van der Waals surface area (Å²) in [6.07, 6.45) is 3.66. The molecule has 23 heavy (non-hydrogen) atoms. The number of hydrogen-bond donors (Lipinski definition) is 2. The van der Waals surface area contributed by atoms with Crippen molar-refractivity contribution in [2.45, 2.75) is 0 Å². The lowest BCUT2D eigenvalue weighted by molar-refractivity contribution is -0.119. The Balaban J connectivity index is 1.59. The minimum Gasteiger partial charge on any atom is -0.376 e. The molecule has 0 aliphatic heterocycles. The van der Waals surface area contributed by atoms with Crippen LogP contribution in [0.3, 0.4) is 0 Å². The number of hydrazone groups is 1. The van der Waals surface area contributed by atoms with E-state index in [1.165, 1.54) is 0 Å².